The van der Waals surface area contributed by atoms with Crippen LogP contribution < -0.4 is 0 Å². The highest BCUT2D eigenvalue weighted by molar-refractivity contribution is 6.55. The fraction of sp³-hybridized carbons (Fsp3) is 0.412. The van der Waals surface area contributed by atoms with Gasteiger partial charge in [-0.1, -0.05) is 23.7 Å². The standard InChI is InChI=1S/C17H20BClN2O3/c1-16(2)17(3,4)24-18(23-16)12(9-22)7-11-5-6-13-14(8-11)20-10-21-15(13)19/h5-8,10,22H,9H2,1-4H3. The van der Waals surface area contributed by atoms with Gasteiger partial charge >= 0.3 is 7.12 Å². The number of rotatable bonds is 3. The second kappa shape index (κ2) is 6.12. The number of hydrogen-bond donors (Lipinski definition) is 1. The fourth-order valence-corrected chi connectivity index (χ4v) is 2.73. The summed E-state index contributed by atoms with van der Waals surface area (Å²) in [6, 6.07) is 5.66. The summed E-state index contributed by atoms with van der Waals surface area (Å²) in [5.41, 5.74) is 1.39. The lowest BCUT2D eigenvalue weighted by atomic mass is 9.77. The Morgan fingerprint density at radius 2 is 1.88 bits per heavy atom. The van der Waals surface area contributed by atoms with Crippen LogP contribution in [0.4, 0.5) is 0 Å². The summed E-state index contributed by atoms with van der Waals surface area (Å²) in [6.07, 6.45) is 3.29. The second-order valence-electron chi connectivity index (χ2n) is 6.91. The predicted octanol–water partition coefficient (Wildman–Crippen LogP) is 3.29. The Morgan fingerprint density at radius 3 is 2.50 bits per heavy atom. The summed E-state index contributed by atoms with van der Waals surface area (Å²) in [7, 11) is -0.579. The molecule has 0 atom stereocenters. The van der Waals surface area contributed by atoms with Crippen molar-refractivity contribution in [1.82, 2.24) is 9.97 Å². The van der Waals surface area contributed by atoms with E-state index in [1.807, 2.05) is 52.0 Å². The molecule has 0 aliphatic carbocycles. The number of fused-ring (bicyclic) bond motifs is 1. The molecule has 7 heteroatoms. The smallest absolute Gasteiger partial charge is 0.400 e. The van der Waals surface area contributed by atoms with Gasteiger partial charge < -0.3 is 14.4 Å². The van der Waals surface area contributed by atoms with Gasteiger partial charge in [0.15, 0.2) is 0 Å². The van der Waals surface area contributed by atoms with Crippen LogP contribution >= 0.6 is 11.6 Å². The van der Waals surface area contributed by atoms with Crippen molar-refractivity contribution in [2.45, 2.75) is 38.9 Å². The first-order valence-corrected chi connectivity index (χ1v) is 8.18. The van der Waals surface area contributed by atoms with Crippen LogP contribution in [-0.2, 0) is 9.31 Å². The van der Waals surface area contributed by atoms with Gasteiger partial charge in [-0.3, -0.25) is 0 Å². The topological polar surface area (TPSA) is 64.5 Å². The van der Waals surface area contributed by atoms with Crippen LogP contribution in [0.2, 0.25) is 5.15 Å². The zero-order valence-electron chi connectivity index (χ0n) is 14.2. The van der Waals surface area contributed by atoms with Crippen LogP contribution in [-0.4, -0.2) is 40.0 Å². The third-order valence-corrected chi connectivity index (χ3v) is 5.00. The molecule has 0 unspecified atom stereocenters. The van der Waals surface area contributed by atoms with Crippen LogP contribution in [0.5, 0.6) is 0 Å². The molecule has 1 aliphatic rings. The maximum absolute atomic E-state index is 9.77. The molecule has 0 bridgehead atoms. The Labute approximate surface area is 146 Å². The van der Waals surface area contributed by atoms with Crippen molar-refractivity contribution in [2.75, 3.05) is 6.61 Å². The number of benzene rings is 1. The lowest BCUT2D eigenvalue weighted by Crippen LogP contribution is -2.41. The molecule has 126 valence electrons. The maximum Gasteiger partial charge on any atom is 0.492 e. The van der Waals surface area contributed by atoms with Crippen LogP contribution in [0.15, 0.2) is 30.0 Å². The minimum absolute atomic E-state index is 0.153. The van der Waals surface area contributed by atoms with Crippen molar-refractivity contribution in [3.05, 3.63) is 40.7 Å². The summed E-state index contributed by atoms with van der Waals surface area (Å²) >= 11 is 6.06. The summed E-state index contributed by atoms with van der Waals surface area (Å²) in [5.74, 6) is 0. The second-order valence-corrected chi connectivity index (χ2v) is 7.26. The molecule has 5 nitrogen and oxygen atoms in total. The zero-order valence-corrected chi connectivity index (χ0v) is 15.0. The molecule has 1 aromatic carbocycles. The quantitative estimate of drug-likeness (QED) is 0.682. The molecule has 0 spiro atoms. The Hall–Kier alpha value is -1.47. The summed E-state index contributed by atoms with van der Waals surface area (Å²) < 4.78 is 12.0. The first-order chi connectivity index (χ1) is 11.2. The molecule has 1 fully saturated rings. The van der Waals surface area contributed by atoms with E-state index in [9.17, 15) is 5.11 Å². The third-order valence-electron chi connectivity index (χ3n) is 4.70. The predicted molar refractivity (Wildman–Crippen MR) is 95.7 cm³/mol. The SMILES string of the molecule is CC1(C)OB(C(=Cc2ccc3c(Cl)ncnc3c2)CO)OC1(C)C. The first kappa shape index (κ1) is 17.4. The van der Waals surface area contributed by atoms with E-state index in [4.69, 9.17) is 20.9 Å². The minimum Gasteiger partial charge on any atom is -0.400 e. The van der Waals surface area contributed by atoms with Gasteiger partial charge in [0, 0.05) is 5.39 Å². The number of halogens is 1. The average molecular weight is 347 g/mol. The number of aromatic nitrogens is 2. The first-order valence-electron chi connectivity index (χ1n) is 7.81. The lowest BCUT2D eigenvalue weighted by molar-refractivity contribution is 0.00578. The van der Waals surface area contributed by atoms with Crippen LogP contribution in [0.1, 0.15) is 33.3 Å². The van der Waals surface area contributed by atoms with Gasteiger partial charge in [-0.2, -0.15) is 0 Å². The Balaban J connectivity index is 1.94. The molecule has 0 radical (unpaired) electrons. The molecule has 24 heavy (non-hydrogen) atoms. The third kappa shape index (κ3) is 3.07. The number of nitrogens with zero attached hydrogens (tertiary/aromatic N) is 2. The molecule has 2 heterocycles. The van der Waals surface area contributed by atoms with Gasteiger partial charge in [0.05, 0.1) is 23.3 Å². The Morgan fingerprint density at radius 1 is 1.21 bits per heavy atom. The molecular formula is C17H20BClN2O3. The van der Waals surface area contributed by atoms with Crippen molar-refractivity contribution in [1.29, 1.82) is 0 Å². The molecule has 1 aromatic heterocycles. The summed E-state index contributed by atoms with van der Waals surface area (Å²) in [5, 5.41) is 11.0. The highest BCUT2D eigenvalue weighted by Gasteiger charge is 2.52. The minimum atomic E-state index is -0.579. The fourth-order valence-electron chi connectivity index (χ4n) is 2.53. The van der Waals surface area contributed by atoms with Crippen molar-refractivity contribution < 1.29 is 14.4 Å². The monoisotopic (exact) mass is 346 g/mol. The van der Waals surface area contributed by atoms with Crippen molar-refractivity contribution >= 4 is 35.7 Å². The molecule has 1 saturated heterocycles. The van der Waals surface area contributed by atoms with Crippen LogP contribution in [0.3, 0.4) is 0 Å². The van der Waals surface area contributed by atoms with E-state index in [1.54, 1.807) is 0 Å². The average Bonchev–Trinajstić information content (AvgIpc) is 2.73. The molecule has 1 N–H and O–H groups in total. The van der Waals surface area contributed by atoms with Gasteiger partial charge in [0.2, 0.25) is 0 Å². The van der Waals surface area contributed by atoms with Crippen molar-refractivity contribution in [3.8, 4) is 0 Å². The molecule has 1 aliphatic heterocycles. The molecule has 3 rings (SSSR count). The highest BCUT2D eigenvalue weighted by atomic mass is 35.5. The lowest BCUT2D eigenvalue weighted by Gasteiger charge is -2.32. The van der Waals surface area contributed by atoms with Crippen molar-refractivity contribution in [2.24, 2.45) is 0 Å². The number of aliphatic hydroxyl groups is 1. The van der Waals surface area contributed by atoms with E-state index in [0.29, 0.717) is 10.6 Å². The highest BCUT2D eigenvalue weighted by Crippen LogP contribution is 2.38. The van der Waals surface area contributed by atoms with Crippen LogP contribution in [0.25, 0.3) is 17.0 Å². The Kier molecular flexibility index (Phi) is 4.42. The van der Waals surface area contributed by atoms with Gasteiger partial charge in [-0.25, -0.2) is 9.97 Å². The normalized spacial score (nSPS) is 19.9. The number of hydrogen-bond acceptors (Lipinski definition) is 5. The molecule has 0 amide bonds. The van der Waals surface area contributed by atoms with E-state index in [1.165, 1.54) is 6.33 Å². The van der Waals surface area contributed by atoms with Crippen molar-refractivity contribution in [3.63, 3.8) is 0 Å². The molecule has 0 saturated carbocycles. The number of aliphatic hydroxyl groups excluding tert-OH is 1. The van der Waals surface area contributed by atoms with Gasteiger partial charge in [-0.15, -0.1) is 0 Å². The molecule has 2 aromatic rings. The van der Waals surface area contributed by atoms with E-state index in [-0.39, 0.29) is 6.61 Å². The zero-order chi connectivity index (χ0) is 17.5. The summed E-state index contributed by atoms with van der Waals surface area (Å²) in [6.45, 7) is 7.78. The summed E-state index contributed by atoms with van der Waals surface area (Å²) in [4.78, 5) is 8.20. The van der Waals surface area contributed by atoms with Gasteiger partial charge in [0.25, 0.3) is 0 Å². The Bertz CT molecular complexity index is 792. The van der Waals surface area contributed by atoms with Gasteiger partial charge in [0.1, 0.15) is 11.5 Å². The van der Waals surface area contributed by atoms with E-state index in [2.05, 4.69) is 9.97 Å². The largest absolute Gasteiger partial charge is 0.492 e. The van der Waals surface area contributed by atoms with E-state index >= 15 is 0 Å². The van der Waals surface area contributed by atoms with Gasteiger partial charge in [-0.05, 0) is 50.9 Å². The molecular weight excluding hydrogens is 326 g/mol. The maximum atomic E-state index is 9.77. The van der Waals surface area contributed by atoms with E-state index < -0.39 is 18.3 Å². The van der Waals surface area contributed by atoms with E-state index in [0.717, 1.165) is 16.5 Å². The van der Waals surface area contributed by atoms with Crippen LogP contribution in [0, 0.1) is 0 Å².